The van der Waals surface area contributed by atoms with Gasteiger partial charge in [-0.25, -0.2) is 8.42 Å². The first-order valence-corrected chi connectivity index (χ1v) is 9.41. The molecule has 2 N–H and O–H groups in total. The van der Waals surface area contributed by atoms with Gasteiger partial charge in [0.1, 0.15) is 0 Å². The lowest BCUT2D eigenvalue weighted by Crippen LogP contribution is -2.50. The van der Waals surface area contributed by atoms with Crippen LogP contribution in [0, 0.1) is 0 Å². The Bertz CT molecular complexity index is 560. The van der Waals surface area contributed by atoms with Gasteiger partial charge in [-0.15, -0.1) is 0 Å². The smallest absolute Gasteiger partial charge is 0.179 e. The molecule has 1 aromatic rings. The monoisotopic (exact) mass is 330 g/mol. The number of halogens is 1. The topological polar surface area (TPSA) is 63.4 Å². The fourth-order valence-electron chi connectivity index (χ4n) is 2.98. The Morgan fingerprint density at radius 3 is 2.57 bits per heavy atom. The van der Waals surface area contributed by atoms with E-state index in [1.54, 1.807) is 24.3 Å². The molecule has 1 fully saturated rings. The lowest BCUT2D eigenvalue weighted by atomic mass is 9.97. The lowest BCUT2D eigenvalue weighted by molar-refractivity contribution is 0.105. The van der Waals surface area contributed by atoms with Gasteiger partial charge in [0, 0.05) is 30.2 Å². The van der Waals surface area contributed by atoms with Gasteiger partial charge in [0.2, 0.25) is 0 Å². The van der Waals surface area contributed by atoms with Crippen LogP contribution in [-0.4, -0.2) is 44.2 Å². The number of sulfone groups is 1. The van der Waals surface area contributed by atoms with E-state index < -0.39 is 9.84 Å². The third-order valence-electron chi connectivity index (χ3n) is 4.26. The van der Waals surface area contributed by atoms with Gasteiger partial charge in [-0.05, 0) is 44.0 Å². The van der Waals surface area contributed by atoms with Crippen molar-refractivity contribution in [3.63, 3.8) is 0 Å². The highest BCUT2D eigenvalue weighted by Crippen LogP contribution is 2.23. The molecule has 0 aliphatic carbocycles. The molecule has 1 aliphatic rings. The Kier molecular flexibility index (Phi) is 5.66. The third kappa shape index (κ3) is 4.19. The van der Waals surface area contributed by atoms with Gasteiger partial charge in [0.15, 0.2) is 9.84 Å². The highest BCUT2D eigenvalue weighted by atomic mass is 35.5. The van der Waals surface area contributed by atoms with Crippen molar-refractivity contribution in [2.75, 3.05) is 18.8 Å². The zero-order valence-electron chi connectivity index (χ0n) is 12.3. The first-order chi connectivity index (χ1) is 9.94. The quantitative estimate of drug-likeness (QED) is 0.900. The van der Waals surface area contributed by atoms with E-state index in [9.17, 15) is 8.42 Å². The SMILES string of the molecule is CC1CCCC(CN)N1CCS(=O)(=O)c1ccc(Cl)cc1. The summed E-state index contributed by atoms with van der Waals surface area (Å²) < 4.78 is 24.8. The maximum atomic E-state index is 12.4. The number of piperidine rings is 1. The maximum Gasteiger partial charge on any atom is 0.179 e. The Morgan fingerprint density at radius 2 is 1.95 bits per heavy atom. The summed E-state index contributed by atoms with van der Waals surface area (Å²) in [6.07, 6.45) is 3.34. The predicted molar refractivity (Wildman–Crippen MR) is 86.4 cm³/mol. The van der Waals surface area contributed by atoms with Crippen LogP contribution in [0.5, 0.6) is 0 Å². The van der Waals surface area contributed by atoms with E-state index in [2.05, 4.69) is 11.8 Å². The highest BCUT2D eigenvalue weighted by molar-refractivity contribution is 7.91. The van der Waals surface area contributed by atoms with Crippen LogP contribution >= 0.6 is 11.6 Å². The molecule has 1 heterocycles. The molecule has 0 radical (unpaired) electrons. The second-order valence-corrected chi connectivity index (χ2v) is 8.23. The van der Waals surface area contributed by atoms with Crippen LogP contribution in [0.25, 0.3) is 0 Å². The van der Waals surface area contributed by atoms with Gasteiger partial charge < -0.3 is 5.73 Å². The van der Waals surface area contributed by atoms with Crippen molar-refractivity contribution < 1.29 is 8.42 Å². The van der Waals surface area contributed by atoms with Crippen molar-refractivity contribution in [1.29, 1.82) is 0 Å². The molecule has 1 aromatic carbocycles. The average molecular weight is 331 g/mol. The minimum absolute atomic E-state index is 0.121. The Hall–Kier alpha value is -0.620. The van der Waals surface area contributed by atoms with Crippen LogP contribution < -0.4 is 5.73 Å². The third-order valence-corrected chi connectivity index (χ3v) is 6.22. The second kappa shape index (κ2) is 7.09. The minimum Gasteiger partial charge on any atom is -0.329 e. The molecule has 1 aliphatic heterocycles. The fourth-order valence-corrected chi connectivity index (χ4v) is 4.35. The Morgan fingerprint density at radius 1 is 1.29 bits per heavy atom. The van der Waals surface area contributed by atoms with Crippen molar-refractivity contribution in [2.24, 2.45) is 5.73 Å². The van der Waals surface area contributed by atoms with E-state index in [1.807, 2.05) is 0 Å². The summed E-state index contributed by atoms with van der Waals surface area (Å²) in [4.78, 5) is 2.58. The van der Waals surface area contributed by atoms with Crippen molar-refractivity contribution in [3.8, 4) is 0 Å². The molecule has 0 spiro atoms. The molecule has 2 unspecified atom stereocenters. The van der Waals surface area contributed by atoms with E-state index >= 15 is 0 Å². The van der Waals surface area contributed by atoms with Gasteiger partial charge in [-0.1, -0.05) is 18.0 Å². The molecule has 4 nitrogen and oxygen atoms in total. The predicted octanol–water partition coefficient (Wildman–Crippen LogP) is 2.32. The first-order valence-electron chi connectivity index (χ1n) is 7.38. The molecule has 2 rings (SSSR count). The number of hydrogen-bond acceptors (Lipinski definition) is 4. The zero-order valence-corrected chi connectivity index (χ0v) is 13.9. The van der Waals surface area contributed by atoms with Crippen LogP contribution in [0.15, 0.2) is 29.2 Å². The molecule has 21 heavy (non-hydrogen) atoms. The van der Waals surface area contributed by atoms with Crippen LogP contribution in [0.2, 0.25) is 5.02 Å². The number of likely N-dealkylation sites (tertiary alicyclic amines) is 1. The molecular weight excluding hydrogens is 308 g/mol. The van der Waals surface area contributed by atoms with Crippen LogP contribution in [-0.2, 0) is 9.84 Å². The summed E-state index contributed by atoms with van der Waals surface area (Å²) in [6, 6.07) is 7.05. The fraction of sp³-hybridized carbons (Fsp3) is 0.600. The normalized spacial score (nSPS) is 24.1. The van der Waals surface area contributed by atoms with E-state index in [4.69, 9.17) is 17.3 Å². The molecule has 6 heteroatoms. The van der Waals surface area contributed by atoms with E-state index in [1.165, 1.54) is 6.42 Å². The molecular formula is C15H23ClN2O2S. The first kappa shape index (κ1) is 16.7. The molecule has 2 atom stereocenters. The minimum atomic E-state index is -3.27. The second-order valence-electron chi connectivity index (χ2n) is 5.68. The Balaban J connectivity index is 2.05. The van der Waals surface area contributed by atoms with Crippen molar-refractivity contribution in [1.82, 2.24) is 4.90 Å². The maximum absolute atomic E-state index is 12.4. The largest absolute Gasteiger partial charge is 0.329 e. The van der Waals surface area contributed by atoms with Crippen molar-refractivity contribution in [2.45, 2.75) is 43.2 Å². The number of nitrogens with two attached hydrogens (primary N) is 1. The number of hydrogen-bond donors (Lipinski definition) is 1. The summed E-state index contributed by atoms with van der Waals surface area (Å²) >= 11 is 5.80. The molecule has 0 saturated carbocycles. The lowest BCUT2D eigenvalue weighted by Gasteiger charge is -2.40. The molecule has 0 amide bonds. The van der Waals surface area contributed by atoms with Gasteiger partial charge in [-0.2, -0.15) is 0 Å². The van der Waals surface area contributed by atoms with E-state index in [0.717, 1.165) is 12.8 Å². The van der Waals surface area contributed by atoms with Crippen molar-refractivity contribution in [3.05, 3.63) is 29.3 Å². The van der Waals surface area contributed by atoms with Crippen LogP contribution in [0.1, 0.15) is 26.2 Å². The van der Waals surface area contributed by atoms with E-state index in [0.29, 0.717) is 35.1 Å². The summed E-state index contributed by atoms with van der Waals surface area (Å²) in [5.74, 6) is 0.121. The van der Waals surface area contributed by atoms with E-state index in [-0.39, 0.29) is 5.75 Å². The molecule has 0 bridgehead atoms. The molecule has 0 aromatic heterocycles. The van der Waals surface area contributed by atoms with Gasteiger partial charge in [0.25, 0.3) is 0 Å². The van der Waals surface area contributed by atoms with Crippen molar-refractivity contribution >= 4 is 21.4 Å². The van der Waals surface area contributed by atoms with Crippen LogP contribution in [0.4, 0.5) is 0 Å². The Labute approximate surface area is 132 Å². The summed E-state index contributed by atoms with van der Waals surface area (Å²) in [5, 5.41) is 0.543. The van der Waals surface area contributed by atoms with Gasteiger partial charge in [-0.3, -0.25) is 4.90 Å². The zero-order chi connectivity index (χ0) is 15.5. The number of nitrogens with zero attached hydrogens (tertiary/aromatic N) is 1. The standard InChI is InChI=1S/C15H23ClN2O2S/c1-12-3-2-4-14(11-17)18(12)9-10-21(19,20)15-7-5-13(16)6-8-15/h5-8,12,14H,2-4,9-11,17H2,1H3. The average Bonchev–Trinajstić information content (AvgIpc) is 2.46. The van der Waals surface area contributed by atoms with Gasteiger partial charge >= 0.3 is 0 Å². The molecule has 118 valence electrons. The number of benzene rings is 1. The number of rotatable bonds is 5. The van der Waals surface area contributed by atoms with Crippen LogP contribution in [0.3, 0.4) is 0 Å². The highest BCUT2D eigenvalue weighted by Gasteiger charge is 2.28. The summed E-state index contributed by atoms with van der Waals surface area (Å²) in [5.41, 5.74) is 5.82. The van der Waals surface area contributed by atoms with Gasteiger partial charge in [0.05, 0.1) is 10.6 Å². The summed E-state index contributed by atoms with van der Waals surface area (Å²) in [7, 11) is -3.27. The molecule has 1 saturated heterocycles. The summed E-state index contributed by atoms with van der Waals surface area (Å²) in [6.45, 7) is 3.27.